The number of benzene rings is 1. The van der Waals surface area contributed by atoms with Crippen LogP contribution in [0, 0.1) is 0 Å². The summed E-state index contributed by atoms with van der Waals surface area (Å²) in [6.45, 7) is 0. The fraction of sp³-hybridized carbons (Fsp3) is 0.200. The molecule has 0 bridgehead atoms. The summed E-state index contributed by atoms with van der Waals surface area (Å²) in [5, 5.41) is 8.15. The summed E-state index contributed by atoms with van der Waals surface area (Å²) in [4.78, 5) is 0.269. The Morgan fingerprint density at radius 1 is 1.18 bits per heavy atom. The first-order valence-corrected chi connectivity index (χ1v) is 7.80. The van der Waals surface area contributed by atoms with Gasteiger partial charge in [-0.05, 0) is 30.5 Å². The molecule has 0 atom stereocenters. The molecule has 1 aromatic heterocycles. The lowest BCUT2D eigenvalue weighted by molar-refractivity contribution is 0.466. The third-order valence-electron chi connectivity index (χ3n) is 2.11. The molecule has 1 heterocycles. The molecule has 2 aromatic rings. The average molecular weight is 270 g/mol. The zero-order valence-electron chi connectivity index (χ0n) is 9.25. The van der Waals surface area contributed by atoms with Gasteiger partial charge in [-0.3, -0.25) is 0 Å². The molecule has 2 rings (SSSR count). The molecule has 7 heteroatoms. The van der Waals surface area contributed by atoms with Crippen LogP contribution in [-0.4, -0.2) is 31.1 Å². The third kappa shape index (κ3) is 2.67. The fourth-order valence-electron chi connectivity index (χ4n) is 1.25. The standard InChI is InChI=1S/C10H10N2O3S2/c1-16-10-12-11-9(15-10)7-3-5-8(6-4-7)17(2,13)14/h3-6H,1-2H3. The van der Waals surface area contributed by atoms with Gasteiger partial charge in [0, 0.05) is 11.8 Å². The van der Waals surface area contributed by atoms with Crippen molar-refractivity contribution in [1.82, 2.24) is 10.2 Å². The topological polar surface area (TPSA) is 73.1 Å². The van der Waals surface area contributed by atoms with E-state index >= 15 is 0 Å². The minimum Gasteiger partial charge on any atom is -0.411 e. The van der Waals surface area contributed by atoms with Crippen molar-refractivity contribution >= 4 is 21.6 Å². The van der Waals surface area contributed by atoms with E-state index in [0.29, 0.717) is 16.7 Å². The summed E-state index contributed by atoms with van der Waals surface area (Å²) in [7, 11) is -3.17. The number of sulfone groups is 1. The van der Waals surface area contributed by atoms with Crippen LogP contribution in [0.1, 0.15) is 0 Å². The Morgan fingerprint density at radius 2 is 1.82 bits per heavy atom. The number of hydrogen-bond acceptors (Lipinski definition) is 6. The molecule has 0 unspecified atom stereocenters. The molecule has 0 aliphatic rings. The van der Waals surface area contributed by atoms with Gasteiger partial charge in [-0.15, -0.1) is 10.2 Å². The van der Waals surface area contributed by atoms with Crippen LogP contribution in [-0.2, 0) is 9.84 Å². The SMILES string of the molecule is CSc1nnc(-c2ccc(S(C)(=O)=O)cc2)o1. The number of rotatable bonds is 3. The van der Waals surface area contributed by atoms with E-state index in [4.69, 9.17) is 4.42 Å². The van der Waals surface area contributed by atoms with Gasteiger partial charge in [-0.1, -0.05) is 11.8 Å². The lowest BCUT2D eigenvalue weighted by atomic mass is 10.2. The van der Waals surface area contributed by atoms with Gasteiger partial charge in [0.2, 0.25) is 5.89 Å². The molecule has 0 aliphatic heterocycles. The van der Waals surface area contributed by atoms with E-state index in [1.165, 1.54) is 30.2 Å². The van der Waals surface area contributed by atoms with Crippen molar-refractivity contribution in [2.75, 3.05) is 12.5 Å². The molecule has 5 nitrogen and oxygen atoms in total. The fourth-order valence-corrected chi connectivity index (χ4v) is 2.17. The summed E-state index contributed by atoms with van der Waals surface area (Å²) in [6, 6.07) is 6.34. The smallest absolute Gasteiger partial charge is 0.276 e. The van der Waals surface area contributed by atoms with Crippen LogP contribution in [0.5, 0.6) is 0 Å². The van der Waals surface area contributed by atoms with Gasteiger partial charge >= 0.3 is 0 Å². The second-order valence-electron chi connectivity index (χ2n) is 3.37. The maximum Gasteiger partial charge on any atom is 0.276 e. The molecule has 0 aliphatic carbocycles. The molecule has 0 saturated heterocycles. The monoisotopic (exact) mass is 270 g/mol. The van der Waals surface area contributed by atoms with Crippen molar-refractivity contribution in [3.05, 3.63) is 24.3 Å². The van der Waals surface area contributed by atoms with E-state index in [1.807, 2.05) is 6.26 Å². The van der Waals surface area contributed by atoms with Gasteiger partial charge in [0.05, 0.1) is 4.90 Å². The van der Waals surface area contributed by atoms with E-state index in [-0.39, 0.29) is 4.90 Å². The summed E-state index contributed by atoms with van der Waals surface area (Å²) in [5.41, 5.74) is 0.699. The van der Waals surface area contributed by atoms with E-state index < -0.39 is 9.84 Å². The Balaban J connectivity index is 2.35. The number of aromatic nitrogens is 2. The van der Waals surface area contributed by atoms with Crippen molar-refractivity contribution in [3.8, 4) is 11.5 Å². The molecule has 0 radical (unpaired) electrons. The molecule has 0 N–H and O–H groups in total. The molecule has 0 saturated carbocycles. The van der Waals surface area contributed by atoms with Gasteiger partial charge in [0.25, 0.3) is 5.22 Å². The highest BCUT2D eigenvalue weighted by atomic mass is 32.2. The van der Waals surface area contributed by atoms with E-state index in [1.54, 1.807) is 12.1 Å². The Morgan fingerprint density at radius 3 is 2.29 bits per heavy atom. The number of nitrogens with zero attached hydrogens (tertiary/aromatic N) is 2. The summed E-state index contributed by atoms with van der Waals surface area (Å²) in [5.74, 6) is 0.384. The molecule has 0 amide bonds. The second-order valence-corrected chi connectivity index (χ2v) is 6.15. The van der Waals surface area contributed by atoms with Gasteiger partial charge in [-0.2, -0.15) is 0 Å². The van der Waals surface area contributed by atoms with Gasteiger partial charge in [-0.25, -0.2) is 8.42 Å². The minimum absolute atomic E-state index is 0.269. The van der Waals surface area contributed by atoms with Gasteiger partial charge in [0.1, 0.15) is 0 Å². The highest BCUT2D eigenvalue weighted by molar-refractivity contribution is 7.98. The van der Waals surface area contributed by atoms with Crippen molar-refractivity contribution in [2.24, 2.45) is 0 Å². The quantitative estimate of drug-likeness (QED) is 0.793. The molecule has 1 aromatic carbocycles. The maximum absolute atomic E-state index is 11.3. The van der Waals surface area contributed by atoms with Crippen LogP contribution >= 0.6 is 11.8 Å². The van der Waals surface area contributed by atoms with Crippen LogP contribution in [0.4, 0.5) is 0 Å². The van der Waals surface area contributed by atoms with Crippen LogP contribution in [0.2, 0.25) is 0 Å². The van der Waals surface area contributed by atoms with Crippen molar-refractivity contribution in [2.45, 2.75) is 10.1 Å². The van der Waals surface area contributed by atoms with E-state index in [0.717, 1.165) is 0 Å². The normalized spacial score (nSPS) is 11.6. The molecule has 17 heavy (non-hydrogen) atoms. The van der Waals surface area contributed by atoms with Crippen molar-refractivity contribution in [1.29, 1.82) is 0 Å². The minimum atomic E-state index is -3.17. The van der Waals surface area contributed by atoms with Crippen LogP contribution < -0.4 is 0 Å². The zero-order valence-corrected chi connectivity index (χ0v) is 10.9. The second kappa shape index (κ2) is 4.50. The zero-order chi connectivity index (χ0) is 12.5. The van der Waals surface area contributed by atoms with Crippen molar-refractivity contribution < 1.29 is 12.8 Å². The molecule has 90 valence electrons. The molecular formula is C10H10N2O3S2. The highest BCUT2D eigenvalue weighted by Gasteiger charge is 2.10. The lowest BCUT2D eigenvalue weighted by Crippen LogP contribution is -1.96. The lowest BCUT2D eigenvalue weighted by Gasteiger charge is -1.98. The van der Waals surface area contributed by atoms with Crippen LogP contribution in [0.15, 0.2) is 38.8 Å². The van der Waals surface area contributed by atoms with Crippen LogP contribution in [0.25, 0.3) is 11.5 Å². The van der Waals surface area contributed by atoms with Crippen LogP contribution in [0.3, 0.4) is 0 Å². The predicted octanol–water partition coefficient (Wildman–Crippen LogP) is 1.86. The first-order chi connectivity index (χ1) is 8.00. The molecule has 0 fully saturated rings. The summed E-state index contributed by atoms with van der Waals surface area (Å²) >= 11 is 1.36. The predicted molar refractivity (Wildman–Crippen MR) is 64.6 cm³/mol. The Labute approximate surface area is 103 Å². The summed E-state index contributed by atoms with van der Waals surface area (Å²) in [6.07, 6.45) is 3.00. The third-order valence-corrected chi connectivity index (χ3v) is 3.75. The Bertz CT molecular complexity index is 617. The first kappa shape index (κ1) is 12.1. The largest absolute Gasteiger partial charge is 0.411 e. The Hall–Kier alpha value is -1.34. The number of hydrogen-bond donors (Lipinski definition) is 0. The van der Waals surface area contributed by atoms with Gasteiger partial charge < -0.3 is 4.42 Å². The van der Waals surface area contributed by atoms with E-state index in [9.17, 15) is 8.42 Å². The van der Waals surface area contributed by atoms with E-state index in [2.05, 4.69) is 10.2 Å². The average Bonchev–Trinajstić information content (AvgIpc) is 2.76. The maximum atomic E-state index is 11.3. The number of thioether (sulfide) groups is 1. The van der Waals surface area contributed by atoms with Gasteiger partial charge in [0.15, 0.2) is 9.84 Å². The highest BCUT2D eigenvalue weighted by Crippen LogP contribution is 2.22. The molecular weight excluding hydrogens is 260 g/mol. The first-order valence-electron chi connectivity index (χ1n) is 4.68. The summed E-state index contributed by atoms with van der Waals surface area (Å²) < 4.78 is 27.9. The Kier molecular flexibility index (Phi) is 3.21. The van der Waals surface area contributed by atoms with Crippen molar-refractivity contribution in [3.63, 3.8) is 0 Å². The molecule has 0 spiro atoms.